The highest BCUT2D eigenvalue weighted by atomic mass is 15.3. The Labute approximate surface area is 206 Å². The van der Waals surface area contributed by atoms with Gasteiger partial charge in [0.25, 0.3) is 0 Å². The highest BCUT2D eigenvalue weighted by Gasteiger charge is 2.20. The molecule has 0 amide bonds. The molecule has 1 fully saturated rings. The summed E-state index contributed by atoms with van der Waals surface area (Å²) in [7, 11) is 0. The van der Waals surface area contributed by atoms with Crippen molar-refractivity contribution in [3.05, 3.63) is 58.5 Å². The zero-order valence-corrected chi connectivity index (χ0v) is 22.0. The Hall–Kier alpha value is -2.24. The third-order valence-corrected chi connectivity index (χ3v) is 7.46. The zero-order valence-electron chi connectivity index (χ0n) is 22.0. The normalized spacial score (nSPS) is 16.4. The Morgan fingerprint density at radius 2 is 1.65 bits per heavy atom. The molecule has 1 aliphatic rings. The molecule has 1 aromatic carbocycles. The average Bonchev–Trinajstić information content (AvgIpc) is 3.18. The highest BCUT2D eigenvalue weighted by molar-refractivity contribution is 5.76. The fourth-order valence-electron chi connectivity index (χ4n) is 5.41. The first-order chi connectivity index (χ1) is 16.5. The number of piperazine rings is 1. The fraction of sp³-hybridized carbons (Fsp3) is 0.586. The summed E-state index contributed by atoms with van der Waals surface area (Å²) in [5.41, 5.74) is 7.08. The van der Waals surface area contributed by atoms with Gasteiger partial charge in [-0.3, -0.25) is 4.90 Å². The summed E-state index contributed by atoms with van der Waals surface area (Å²) in [5, 5.41) is 0. The van der Waals surface area contributed by atoms with E-state index in [0.29, 0.717) is 0 Å². The Bertz CT molecular complexity index is 1060. The molecular formula is C29H43N5. The van der Waals surface area contributed by atoms with Crippen LogP contribution >= 0.6 is 0 Å². The SMILES string of the molecule is CCCC(C)N1CCN(CCCc2ccc(Cn3c(CC)nc4c(C)cc(C)nc43)cc2)CC1. The molecule has 1 unspecified atom stereocenters. The number of rotatable bonds is 10. The molecule has 2 aromatic heterocycles. The lowest BCUT2D eigenvalue weighted by atomic mass is 10.1. The topological polar surface area (TPSA) is 37.2 Å². The van der Waals surface area contributed by atoms with Crippen molar-refractivity contribution in [2.24, 2.45) is 0 Å². The summed E-state index contributed by atoms with van der Waals surface area (Å²) in [6.45, 7) is 18.0. The van der Waals surface area contributed by atoms with Crippen molar-refractivity contribution in [1.29, 1.82) is 0 Å². The van der Waals surface area contributed by atoms with Crippen molar-refractivity contribution < 1.29 is 0 Å². The number of nitrogens with zero attached hydrogens (tertiary/aromatic N) is 5. The van der Waals surface area contributed by atoms with Crippen LogP contribution in [0.4, 0.5) is 0 Å². The molecule has 4 rings (SSSR count). The number of benzene rings is 1. The molecule has 1 saturated heterocycles. The molecule has 0 aliphatic carbocycles. The van der Waals surface area contributed by atoms with E-state index in [-0.39, 0.29) is 0 Å². The summed E-state index contributed by atoms with van der Waals surface area (Å²) < 4.78 is 2.30. The van der Waals surface area contributed by atoms with Crippen molar-refractivity contribution in [3.8, 4) is 0 Å². The molecular weight excluding hydrogens is 418 g/mol. The molecule has 3 aromatic rings. The van der Waals surface area contributed by atoms with Crippen molar-refractivity contribution in [3.63, 3.8) is 0 Å². The van der Waals surface area contributed by atoms with E-state index in [4.69, 9.17) is 9.97 Å². The van der Waals surface area contributed by atoms with Gasteiger partial charge in [0.15, 0.2) is 5.65 Å². The van der Waals surface area contributed by atoms with Gasteiger partial charge in [-0.25, -0.2) is 9.97 Å². The van der Waals surface area contributed by atoms with Crippen LogP contribution in [0.5, 0.6) is 0 Å². The van der Waals surface area contributed by atoms with E-state index in [9.17, 15) is 0 Å². The van der Waals surface area contributed by atoms with Gasteiger partial charge in [-0.05, 0) is 69.3 Å². The van der Waals surface area contributed by atoms with Crippen molar-refractivity contribution >= 4 is 11.2 Å². The van der Waals surface area contributed by atoms with Crippen molar-refractivity contribution in [1.82, 2.24) is 24.3 Å². The summed E-state index contributed by atoms with van der Waals surface area (Å²) in [6, 6.07) is 12.1. The molecule has 5 nitrogen and oxygen atoms in total. The van der Waals surface area contributed by atoms with Gasteiger partial charge in [-0.2, -0.15) is 0 Å². The summed E-state index contributed by atoms with van der Waals surface area (Å²) in [4.78, 5) is 15.0. The van der Waals surface area contributed by atoms with E-state index in [0.717, 1.165) is 48.1 Å². The number of aryl methyl sites for hydroxylation is 4. The third-order valence-electron chi connectivity index (χ3n) is 7.46. The van der Waals surface area contributed by atoms with Gasteiger partial charge in [0.2, 0.25) is 0 Å². The monoisotopic (exact) mass is 461 g/mol. The number of fused-ring (bicyclic) bond motifs is 1. The van der Waals surface area contributed by atoms with E-state index in [1.54, 1.807) is 0 Å². The maximum absolute atomic E-state index is 4.89. The van der Waals surface area contributed by atoms with E-state index in [2.05, 4.69) is 79.3 Å². The van der Waals surface area contributed by atoms with Gasteiger partial charge < -0.3 is 9.47 Å². The molecule has 0 radical (unpaired) electrons. The van der Waals surface area contributed by atoms with Crippen molar-refractivity contribution in [2.45, 2.75) is 79.3 Å². The predicted molar refractivity (Wildman–Crippen MR) is 143 cm³/mol. The molecule has 1 aliphatic heterocycles. The van der Waals surface area contributed by atoms with Crippen LogP contribution in [-0.4, -0.2) is 63.1 Å². The molecule has 3 heterocycles. The molecule has 0 bridgehead atoms. The van der Waals surface area contributed by atoms with Crippen LogP contribution in [-0.2, 0) is 19.4 Å². The van der Waals surface area contributed by atoms with Crippen LogP contribution < -0.4 is 0 Å². The quantitative estimate of drug-likeness (QED) is 0.405. The number of aromatic nitrogens is 3. The van der Waals surface area contributed by atoms with Gasteiger partial charge in [-0.15, -0.1) is 0 Å². The van der Waals surface area contributed by atoms with Gasteiger partial charge in [0.1, 0.15) is 11.3 Å². The minimum Gasteiger partial charge on any atom is -0.308 e. The second-order valence-electron chi connectivity index (χ2n) is 10.2. The van der Waals surface area contributed by atoms with Crippen LogP contribution in [0, 0.1) is 13.8 Å². The van der Waals surface area contributed by atoms with E-state index < -0.39 is 0 Å². The van der Waals surface area contributed by atoms with Gasteiger partial charge >= 0.3 is 0 Å². The molecule has 5 heteroatoms. The molecule has 184 valence electrons. The van der Waals surface area contributed by atoms with Gasteiger partial charge in [-0.1, -0.05) is 44.5 Å². The maximum atomic E-state index is 4.89. The molecule has 1 atom stereocenters. The number of hydrogen-bond donors (Lipinski definition) is 0. The van der Waals surface area contributed by atoms with Crippen LogP contribution in [0.2, 0.25) is 0 Å². The first kappa shape index (κ1) is 24.9. The van der Waals surface area contributed by atoms with E-state index in [1.165, 1.54) is 68.7 Å². The maximum Gasteiger partial charge on any atom is 0.160 e. The zero-order chi connectivity index (χ0) is 24.1. The standard InChI is InChI=1S/C29H43N5/c1-6-9-24(5)33-18-16-32(17-19-33)15-8-10-25-11-13-26(14-12-25)21-34-27(7-2)31-28-22(3)20-23(4)30-29(28)34/h11-14,20,24H,6-10,15-19,21H2,1-5H3. The summed E-state index contributed by atoms with van der Waals surface area (Å²) >= 11 is 0. The minimum atomic E-state index is 0.739. The van der Waals surface area contributed by atoms with Crippen molar-refractivity contribution in [2.75, 3.05) is 32.7 Å². The second-order valence-corrected chi connectivity index (χ2v) is 10.2. The predicted octanol–water partition coefficient (Wildman–Crippen LogP) is 5.40. The van der Waals surface area contributed by atoms with Crippen LogP contribution in [0.1, 0.15) is 68.2 Å². The third kappa shape index (κ3) is 5.87. The van der Waals surface area contributed by atoms with Gasteiger partial charge in [0, 0.05) is 44.3 Å². The van der Waals surface area contributed by atoms with E-state index in [1.807, 2.05) is 0 Å². The Balaban J connectivity index is 1.30. The fourth-order valence-corrected chi connectivity index (χ4v) is 5.41. The minimum absolute atomic E-state index is 0.739. The highest BCUT2D eigenvalue weighted by Crippen LogP contribution is 2.21. The number of hydrogen-bond acceptors (Lipinski definition) is 4. The largest absolute Gasteiger partial charge is 0.308 e. The molecule has 0 saturated carbocycles. The Kier molecular flexibility index (Phi) is 8.38. The lowest BCUT2D eigenvalue weighted by Crippen LogP contribution is -2.49. The number of pyridine rings is 1. The Morgan fingerprint density at radius 1 is 0.941 bits per heavy atom. The molecule has 0 spiro atoms. The van der Waals surface area contributed by atoms with Crippen LogP contribution in [0.15, 0.2) is 30.3 Å². The second kappa shape index (κ2) is 11.5. The smallest absolute Gasteiger partial charge is 0.160 e. The molecule has 34 heavy (non-hydrogen) atoms. The first-order valence-electron chi connectivity index (χ1n) is 13.4. The van der Waals surface area contributed by atoms with Crippen LogP contribution in [0.3, 0.4) is 0 Å². The lowest BCUT2D eigenvalue weighted by Gasteiger charge is -2.38. The summed E-state index contributed by atoms with van der Waals surface area (Å²) in [5.74, 6) is 1.12. The van der Waals surface area contributed by atoms with Crippen LogP contribution in [0.25, 0.3) is 11.2 Å². The average molecular weight is 462 g/mol. The van der Waals surface area contributed by atoms with Gasteiger partial charge in [0.05, 0.1) is 6.54 Å². The first-order valence-corrected chi connectivity index (χ1v) is 13.4. The molecule has 0 N–H and O–H groups in total. The number of imidazole rings is 1. The van der Waals surface area contributed by atoms with E-state index >= 15 is 0 Å². The lowest BCUT2D eigenvalue weighted by molar-refractivity contribution is 0.0978. The Morgan fingerprint density at radius 3 is 2.32 bits per heavy atom. The summed E-state index contributed by atoms with van der Waals surface area (Å²) in [6.07, 6.45) is 5.91.